The van der Waals surface area contributed by atoms with Crippen molar-refractivity contribution in [2.75, 3.05) is 19.6 Å². The third-order valence-electron chi connectivity index (χ3n) is 23.2. The molecule has 139 heavy (non-hydrogen) atoms. The Morgan fingerprint density at radius 2 is 0.777 bits per heavy atom. The van der Waals surface area contributed by atoms with Gasteiger partial charge < -0.3 is 81.1 Å². The van der Waals surface area contributed by atoms with Crippen molar-refractivity contribution in [3.8, 4) is 5.88 Å². The van der Waals surface area contributed by atoms with Gasteiger partial charge in [0.2, 0.25) is 46.9 Å². The first-order valence-corrected chi connectivity index (χ1v) is 47.6. The Kier molecular flexibility index (Phi) is 44.6. The number of nitrogens with one attached hydrogen (secondary N) is 7. The summed E-state index contributed by atoms with van der Waals surface area (Å²) in [4.78, 5) is 212. The van der Waals surface area contributed by atoms with Crippen LogP contribution in [0.4, 0.5) is 13.2 Å². The van der Waals surface area contributed by atoms with E-state index in [2.05, 4.69) is 108 Å². The fraction of sp³-hybridized carbons (Fsp3) is 0.611. The summed E-state index contributed by atoms with van der Waals surface area (Å²) in [6.45, 7) is 32.6. The minimum atomic E-state index is -4.92. The molecule has 12 atom stereocenters. The third-order valence-corrected chi connectivity index (χ3v) is 24.0. The molecule has 5 aromatic heterocycles. The average Bonchev–Trinajstić information content (AvgIpc) is 1.65. The number of H-pyrrole nitrogens is 1. The van der Waals surface area contributed by atoms with Gasteiger partial charge in [-0.05, 0) is 126 Å². The number of carboxylic acid groups (broad SMARTS) is 1. The second-order valence-electron chi connectivity index (χ2n) is 39.8. The summed E-state index contributed by atoms with van der Waals surface area (Å²) in [6.07, 6.45) is 21.7. The predicted octanol–water partition coefficient (Wildman–Crippen LogP) is 10.6. The number of aromatic amines is 1. The number of rotatable bonds is 24. The van der Waals surface area contributed by atoms with Gasteiger partial charge in [0.05, 0.1) is 47.4 Å². The Balaban J connectivity index is 0.000000291. The maximum atomic E-state index is 14.0. The number of carbonyl (C=O) groups excluding carboxylic acids is 12. The number of aliphatic hydroxyl groups is 2. The number of esters is 2. The fourth-order valence-corrected chi connectivity index (χ4v) is 16.9. The predicted molar refractivity (Wildman–Crippen MR) is 509 cm³/mol. The fourth-order valence-electron chi connectivity index (χ4n) is 16.4. The summed E-state index contributed by atoms with van der Waals surface area (Å²) >= 11 is 20.6. The second-order valence-corrected chi connectivity index (χ2v) is 41.7. The molecular weight excluding hydrogens is 1900 g/mol. The van der Waals surface area contributed by atoms with Crippen molar-refractivity contribution in [3.63, 3.8) is 0 Å². The number of hydrogen-bond donors (Lipinski definition) is 10. The number of ketones is 1. The van der Waals surface area contributed by atoms with E-state index in [0.29, 0.717) is 10.0 Å². The number of aromatic nitrogens is 8. The van der Waals surface area contributed by atoms with Crippen molar-refractivity contribution in [1.82, 2.24) is 86.5 Å². The molecule has 6 fully saturated rings. The number of aliphatic hydroxyl groups excluding tert-OH is 2. The molecule has 37 nitrogen and oxygen atoms in total. The summed E-state index contributed by atoms with van der Waals surface area (Å²) in [5.74, 6) is -9.07. The van der Waals surface area contributed by atoms with Crippen molar-refractivity contribution >= 4 is 123 Å². The molecule has 766 valence electrons. The Morgan fingerprint density at radius 3 is 1.03 bits per heavy atom. The number of aliphatic carboxylic acids is 1. The minimum Gasteiger partial charge on any atom is -0.480 e. The molecule has 11 rings (SSSR count). The van der Waals surface area contributed by atoms with Crippen LogP contribution in [0.5, 0.6) is 5.88 Å². The average molecular weight is 2030 g/mol. The Morgan fingerprint density at radius 1 is 0.446 bits per heavy atom. The second kappa shape index (κ2) is 53.1. The van der Waals surface area contributed by atoms with Gasteiger partial charge in [0.15, 0.2) is 4.84 Å². The van der Waals surface area contributed by atoms with Gasteiger partial charge in [0, 0.05) is 94.1 Å². The highest BCUT2D eigenvalue weighted by Gasteiger charge is 2.52. The largest absolute Gasteiger partial charge is 0.480 e. The number of alkyl halides is 5. The van der Waals surface area contributed by atoms with Gasteiger partial charge in [-0.25, -0.2) is 34.3 Å². The SMILES string of the molecule is C=C.CC(C)(C)OC(=O)[C@@H]1C[C@@H](O)CN1C(=O)[C@@H](NC(=O)[C@@H](NC(=O)c1cnccn1)C1CCCCC1)C(C)(C)C.CC(C)(C)OC(=O)[C@@H]1C[C@H](O)CN1C(=O)[C@@H](NC(=O)[C@@H](NC(=O)c1cnccn1)C1CCCCC1)C(C)(C)C.CC(C)(C)[C@H](NC(=O)[C@@H](NC(=O)c1cnccn1)C1CCCCC1)C(=O)N1C[C@H](Oc2ccc(Cl)cn2)C[C@H]1C(=O)O.O=C(C(Cl)Cl)C(F)(F)F.O=c1ccc(Cl)c[nH]1. The van der Waals surface area contributed by atoms with Crippen LogP contribution in [-0.4, -0.2) is 261 Å². The number of amides is 9. The number of hydrogen-bond acceptors (Lipinski definition) is 26. The molecule has 5 aromatic rings. The first kappa shape index (κ1) is 117. The molecule has 8 heterocycles. The highest BCUT2D eigenvalue weighted by atomic mass is 35.5. The molecule has 0 aromatic carbocycles. The standard InChI is InChI=1S/C29H37ClN6O6.2C28H43N5O6.C5H4ClNO.C3HCl2F3O.C2H4/c1-29(2,3)24(27(39)36-16-19(13-21(36)28(40)41)42-22-10-9-18(30)14-33-22)35-26(38)23(17-7-5-4-6-8-17)34-25(37)20-15-31-11-12-32-20;2*1-27(2,3)22(25(37)33-16-18(34)14-20(33)26(38)39-28(4,5)6)32-24(36)21(17-10-8-7-9-11-17)31-23(35)19-15-29-12-13-30-19;6-4-1-2-5(8)7-3-4;4-2(5)1(9)3(6,7)8;1-2/h9-12,14-15,17,19,21,23-24H,4-8,13,16H2,1-3H3,(H,34,37)(H,35,38)(H,40,41);2*12-13,15,17-18,20-22,34H,7-11,14,16H2,1-6H3,(H,31,35)(H,32,36);1-3H,(H,7,8);2H;1-2H2/t19-,21+,23+,24-;18-,20+,21+,22-;18-,20-,21-,22+;;;/m110.../s1. The molecular formula is C95H132Cl4F3N17O20. The summed E-state index contributed by atoms with van der Waals surface area (Å²) in [6, 6.07) is -2.72. The summed E-state index contributed by atoms with van der Waals surface area (Å²) < 4.78 is 50.4. The van der Waals surface area contributed by atoms with Crippen LogP contribution < -0.4 is 42.2 Å². The van der Waals surface area contributed by atoms with Crippen LogP contribution in [0.2, 0.25) is 10.0 Å². The summed E-state index contributed by atoms with van der Waals surface area (Å²) in [5, 5.41) is 48.8. The van der Waals surface area contributed by atoms with E-state index in [-0.39, 0.29) is 85.2 Å². The number of nitrogens with zero attached hydrogens (tertiary/aromatic N) is 10. The van der Waals surface area contributed by atoms with Crippen LogP contribution in [0.25, 0.3) is 0 Å². The quantitative estimate of drug-likeness (QED) is 0.0156. The zero-order valence-corrected chi connectivity index (χ0v) is 84.1. The molecule has 0 bridgehead atoms. The molecule has 0 spiro atoms. The Hall–Kier alpha value is -10.9. The molecule has 10 N–H and O–H groups in total. The van der Waals surface area contributed by atoms with Crippen molar-refractivity contribution < 1.29 is 105 Å². The lowest BCUT2D eigenvalue weighted by Gasteiger charge is -2.37. The first-order valence-electron chi connectivity index (χ1n) is 46.0. The molecule has 0 unspecified atom stereocenters. The number of Topliss-reactive ketones (excluding diaryl/α,β-unsaturated/α-hetero) is 1. The molecule has 44 heteroatoms. The van der Waals surface area contributed by atoms with Gasteiger partial charge >= 0.3 is 24.1 Å². The van der Waals surface area contributed by atoms with E-state index in [4.69, 9.17) is 37.4 Å². The topological polar surface area (TPSA) is 515 Å². The highest BCUT2D eigenvalue weighted by Crippen LogP contribution is 2.36. The maximum absolute atomic E-state index is 14.0. The Bertz CT molecular complexity index is 4790. The van der Waals surface area contributed by atoms with Crippen molar-refractivity contribution in [1.29, 1.82) is 0 Å². The smallest absolute Gasteiger partial charge is 0.452 e. The number of carboxylic acids is 1. The molecule has 3 saturated carbocycles. The summed E-state index contributed by atoms with van der Waals surface area (Å²) in [7, 11) is 0. The zero-order chi connectivity index (χ0) is 104. The van der Waals surface area contributed by atoms with Gasteiger partial charge in [-0.3, -0.25) is 67.7 Å². The minimum absolute atomic E-state index is 0.00196. The first-order chi connectivity index (χ1) is 64.9. The van der Waals surface area contributed by atoms with Crippen LogP contribution >= 0.6 is 46.4 Å². The monoisotopic (exact) mass is 2030 g/mol. The number of carbonyl (C=O) groups is 13. The van der Waals surface area contributed by atoms with Gasteiger partial charge in [-0.1, -0.05) is 167 Å². The lowest BCUT2D eigenvalue weighted by atomic mass is 9.82. The van der Waals surface area contributed by atoms with Crippen molar-refractivity contribution in [2.24, 2.45) is 34.0 Å². The number of β-amino-alcohol motifs (C(OH)–C–C–N with tert-alkyl or cyclic N) is 2. The van der Waals surface area contributed by atoms with E-state index >= 15 is 0 Å². The van der Waals surface area contributed by atoms with E-state index in [1.165, 1.54) is 88.9 Å². The van der Waals surface area contributed by atoms with Crippen LogP contribution in [0.1, 0.15) is 251 Å². The molecule has 6 aliphatic rings. The lowest BCUT2D eigenvalue weighted by molar-refractivity contribution is -0.169. The maximum Gasteiger partial charge on any atom is 0.452 e. The van der Waals surface area contributed by atoms with E-state index in [0.717, 1.165) is 96.3 Å². The van der Waals surface area contributed by atoms with Gasteiger partial charge in [-0.2, -0.15) is 13.2 Å². The van der Waals surface area contributed by atoms with E-state index in [1.54, 1.807) is 80.5 Å². The van der Waals surface area contributed by atoms with Crippen LogP contribution in [-0.2, 0) is 57.4 Å². The van der Waals surface area contributed by atoms with Gasteiger partial charge in [0.1, 0.15) is 88.8 Å². The van der Waals surface area contributed by atoms with E-state index in [9.17, 15) is 95.6 Å². The normalized spacial score (nSPS) is 20.0. The molecule has 3 aliphatic carbocycles. The van der Waals surface area contributed by atoms with Gasteiger partial charge in [0.25, 0.3) is 23.5 Å². The molecule has 3 saturated heterocycles. The number of pyridine rings is 2. The van der Waals surface area contributed by atoms with Crippen LogP contribution in [0, 0.1) is 34.0 Å². The molecule has 3 aliphatic heterocycles. The van der Waals surface area contributed by atoms with Crippen molar-refractivity contribution in [3.05, 3.63) is 143 Å². The molecule has 9 amide bonds. The van der Waals surface area contributed by atoms with Crippen LogP contribution in [0.15, 0.2) is 110 Å². The lowest BCUT2D eigenvalue weighted by Crippen LogP contribution is -2.61. The van der Waals surface area contributed by atoms with Gasteiger partial charge in [-0.15, -0.1) is 13.2 Å². The van der Waals surface area contributed by atoms with Crippen LogP contribution in [0.3, 0.4) is 0 Å². The van der Waals surface area contributed by atoms with Crippen molar-refractivity contribution in [2.45, 2.75) is 314 Å². The number of ether oxygens (including phenoxy) is 3. The molecule has 0 radical (unpaired) electrons. The van der Waals surface area contributed by atoms with E-state index in [1.807, 2.05) is 41.5 Å². The number of halogens is 7. The number of likely N-dealkylation sites (tertiary alicyclic amines) is 3. The van der Waals surface area contributed by atoms with E-state index < -0.39 is 188 Å². The third kappa shape index (κ3) is 37.2. The Labute approximate surface area is 827 Å². The highest BCUT2D eigenvalue weighted by molar-refractivity contribution is 6.54. The summed E-state index contributed by atoms with van der Waals surface area (Å²) in [5.41, 5.74) is -3.61. The zero-order valence-electron chi connectivity index (χ0n) is 81.1.